The summed E-state index contributed by atoms with van der Waals surface area (Å²) >= 11 is 1.67. The summed E-state index contributed by atoms with van der Waals surface area (Å²) in [5.41, 5.74) is 2.87. The van der Waals surface area contributed by atoms with Crippen LogP contribution < -0.4 is 5.32 Å². The largest absolute Gasteiger partial charge is 0.388 e. The van der Waals surface area contributed by atoms with Gasteiger partial charge in [0.15, 0.2) is 0 Å². The van der Waals surface area contributed by atoms with Gasteiger partial charge in [0, 0.05) is 30.2 Å². The van der Waals surface area contributed by atoms with Gasteiger partial charge in [-0.05, 0) is 42.1 Å². The zero-order valence-electron chi connectivity index (χ0n) is 11.4. The molecule has 0 bridgehead atoms. The third-order valence-corrected chi connectivity index (χ3v) is 3.92. The highest BCUT2D eigenvalue weighted by Crippen LogP contribution is 2.18. The number of hydrogen-bond donors (Lipinski definition) is 1. The Morgan fingerprint density at radius 2 is 2.16 bits per heavy atom. The van der Waals surface area contributed by atoms with Crippen LogP contribution in [0.25, 0.3) is 0 Å². The van der Waals surface area contributed by atoms with Crippen LogP contribution in [-0.2, 0) is 6.54 Å². The molecular weight excluding hydrogens is 256 g/mol. The van der Waals surface area contributed by atoms with Crippen molar-refractivity contribution in [3.63, 3.8) is 0 Å². The van der Waals surface area contributed by atoms with E-state index < -0.39 is 0 Å². The molecular formula is C15H18N2OS. The zero-order valence-corrected chi connectivity index (χ0v) is 12.3. The first-order chi connectivity index (χ1) is 9.11. The Bertz CT molecular complexity index is 564. The normalized spacial score (nSPS) is 10.3. The monoisotopic (exact) mass is 274 g/mol. The predicted octanol–water partition coefficient (Wildman–Crippen LogP) is 3.37. The highest BCUT2D eigenvalue weighted by atomic mass is 32.1. The van der Waals surface area contributed by atoms with Crippen molar-refractivity contribution in [1.82, 2.24) is 4.90 Å². The molecule has 0 aliphatic rings. The summed E-state index contributed by atoms with van der Waals surface area (Å²) in [5, 5.41) is 5.13. The van der Waals surface area contributed by atoms with Crippen LogP contribution in [0.5, 0.6) is 0 Å². The fourth-order valence-electron chi connectivity index (χ4n) is 2.01. The highest BCUT2D eigenvalue weighted by molar-refractivity contribution is 7.09. The second-order valence-corrected chi connectivity index (χ2v) is 5.55. The molecule has 1 N–H and O–H groups in total. The van der Waals surface area contributed by atoms with Crippen molar-refractivity contribution in [1.29, 1.82) is 0 Å². The van der Waals surface area contributed by atoms with Crippen molar-refractivity contribution in [3.05, 3.63) is 51.7 Å². The number of rotatable bonds is 4. The molecule has 0 spiro atoms. The Balaban J connectivity index is 2.12. The molecule has 2 rings (SSSR count). The summed E-state index contributed by atoms with van der Waals surface area (Å²) in [4.78, 5) is 15.3. The van der Waals surface area contributed by atoms with Crippen molar-refractivity contribution in [2.24, 2.45) is 0 Å². The summed E-state index contributed by atoms with van der Waals surface area (Å²) < 4.78 is 0. The summed E-state index contributed by atoms with van der Waals surface area (Å²) in [6.07, 6.45) is 0. The van der Waals surface area contributed by atoms with Crippen molar-refractivity contribution in [2.75, 3.05) is 19.4 Å². The minimum absolute atomic E-state index is 0.0548. The summed E-state index contributed by atoms with van der Waals surface area (Å²) in [7, 11) is 3.72. The molecule has 0 unspecified atom stereocenters. The molecule has 0 atom stereocenters. The lowest BCUT2D eigenvalue weighted by Crippen LogP contribution is -2.25. The minimum atomic E-state index is 0.0548. The molecule has 0 fully saturated rings. The van der Waals surface area contributed by atoms with Crippen molar-refractivity contribution < 1.29 is 4.79 Å². The molecule has 0 aliphatic heterocycles. The molecule has 0 radical (unpaired) electrons. The molecule has 4 heteroatoms. The number of hydrogen-bond acceptors (Lipinski definition) is 3. The molecule has 1 aromatic heterocycles. The van der Waals surface area contributed by atoms with Gasteiger partial charge in [-0.1, -0.05) is 6.07 Å². The number of carbonyl (C=O) groups excluding carboxylic acids is 1. The van der Waals surface area contributed by atoms with Crippen LogP contribution in [0.4, 0.5) is 5.69 Å². The first-order valence-corrected chi connectivity index (χ1v) is 7.06. The number of thiophene rings is 1. The molecule has 1 amide bonds. The van der Waals surface area contributed by atoms with E-state index in [1.807, 2.05) is 56.7 Å². The number of benzene rings is 1. The second kappa shape index (κ2) is 5.89. The van der Waals surface area contributed by atoms with Crippen LogP contribution >= 0.6 is 11.3 Å². The van der Waals surface area contributed by atoms with Crippen LogP contribution in [0.1, 0.15) is 20.8 Å². The van der Waals surface area contributed by atoms with Crippen molar-refractivity contribution in [3.8, 4) is 0 Å². The van der Waals surface area contributed by atoms with E-state index in [9.17, 15) is 4.79 Å². The maximum Gasteiger partial charge on any atom is 0.253 e. The fraction of sp³-hybridized carbons (Fsp3) is 0.267. The van der Waals surface area contributed by atoms with Gasteiger partial charge in [0.25, 0.3) is 5.91 Å². The van der Waals surface area contributed by atoms with Gasteiger partial charge in [0.1, 0.15) is 0 Å². The number of aryl methyl sites for hydroxylation is 1. The molecule has 100 valence electrons. The first-order valence-electron chi connectivity index (χ1n) is 6.18. The molecule has 2 aromatic rings. The Morgan fingerprint density at radius 1 is 1.37 bits per heavy atom. The SMILES string of the molecule is CNc1ccc(C(=O)N(C)Cc2cccs2)cc1C. The van der Waals surface area contributed by atoms with Gasteiger partial charge < -0.3 is 10.2 Å². The van der Waals surface area contributed by atoms with E-state index >= 15 is 0 Å². The smallest absolute Gasteiger partial charge is 0.253 e. The minimum Gasteiger partial charge on any atom is -0.388 e. The van der Waals surface area contributed by atoms with Gasteiger partial charge in [-0.2, -0.15) is 0 Å². The average molecular weight is 274 g/mol. The molecule has 19 heavy (non-hydrogen) atoms. The lowest BCUT2D eigenvalue weighted by Gasteiger charge is -2.17. The number of amides is 1. The van der Waals surface area contributed by atoms with Gasteiger partial charge >= 0.3 is 0 Å². The summed E-state index contributed by atoms with van der Waals surface area (Å²) in [6.45, 7) is 2.66. The van der Waals surface area contributed by atoms with E-state index in [2.05, 4.69) is 5.32 Å². The number of carbonyl (C=O) groups is 1. The third-order valence-electron chi connectivity index (χ3n) is 3.06. The van der Waals surface area contributed by atoms with E-state index in [1.165, 1.54) is 4.88 Å². The van der Waals surface area contributed by atoms with Crippen LogP contribution in [0.15, 0.2) is 35.7 Å². The van der Waals surface area contributed by atoms with Gasteiger partial charge in [-0.25, -0.2) is 0 Å². The van der Waals surface area contributed by atoms with Crippen molar-refractivity contribution in [2.45, 2.75) is 13.5 Å². The lowest BCUT2D eigenvalue weighted by atomic mass is 10.1. The van der Waals surface area contributed by atoms with E-state index in [0.29, 0.717) is 6.54 Å². The quantitative estimate of drug-likeness (QED) is 0.927. The number of nitrogens with one attached hydrogen (secondary N) is 1. The van der Waals surface area contributed by atoms with Gasteiger partial charge in [-0.3, -0.25) is 4.79 Å². The van der Waals surface area contributed by atoms with E-state index in [4.69, 9.17) is 0 Å². The van der Waals surface area contributed by atoms with Gasteiger partial charge in [0.05, 0.1) is 6.54 Å². The fourth-order valence-corrected chi connectivity index (χ4v) is 2.76. The Hall–Kier alpha value is -1.81. The first kappa shape index (κ1) is 13.6. The third kappa shape index (κ3) is 3.15. The number of anilines is 1. The highest BCUT2D eigenvalue weighted by Gasteiger charge is 2.13. The maximum atomic E-state index is 12.3. The molecule has 1 heterocycles. The predicted molar refractivity (Wildman–Crippen MR) is 80.8 cm³/mol. The van der Waals surface area contributed by atoms with E-state index in [-0.39, 0.29) is 5.91 Å². The Labute approximate surface area is 117 Å². The van der Waals surface area contributed by atoms with E-state index in [1.54, 1.807) is 16.2 Å². The maximum absolute atomic E-state index is 12.3. The molecule has 0 saturated carbocycles. The molecule has 0 saturated heterocycles. The summed E-state index contributed by atoms with van der Waals surface area (Å²) in [6, 6.07) is 9.79. The molecule has 1 aromatic carbocycles. The summed E-state index contributed by atoms with van der Waals surface area (Å²) in [5.74, 6) is 0.0548. The van der Waals surface area contributed by atoms with Gasteiger partial charge in [0.2, 0.25) is 0 Å². The Morgan fingerprint density at radius 3 is 2.74 bits per heavy atom. The topological polar surface area (TPSA) is 32.3 Å². The van der Waals surface area contributed by atoms with Crippen LogP contribution in [-0.4, -0.2) is 24.9 Å². The number of nitrogens with zero attached hydrogens (tertiary/aromatic N) is 1. The van der Waals surface area contributed by atoms with Crippen LogP contribution in [0.2, 0.25) is 0 Å². The van der Waals surface area contributed by atoms with Crippen LogP contribution in [0, 0.1) is 6.92 Å². The second-order valence-electron chi connectivity index (χ2n) is 4.52. The molecule has 0 aliphatic carbocycles. The zero-order chi connectivity index (χ0) is 13.8. The average Bonchev–Trinajstić information content (AvgIpc) is 2.90. The van der Waals surface area contributed by atoms with Gasteiger partial charge in [-0.15, -0.1) is 11.3 Å². The Kier molecular flexibility index (Phi) is 4.22. The lowest BCUT2D eigenvalue weighted by molar-refractivity contribution is 0.0786. The standard InChI is InChI=1S/C15H18N2OS/c1-11-9-12(6-7-14(11)16-2)15(18)17(3)10-13-5-4-8-19-13/h4-9,16H,10H2,1-3H3. The molecule has 3 nitrogen and oxygen atoms in total. The van der Waals surface area contributed by atoms with Crippen molar-refractivity contribution >= 4 is 22.9 Å². The van der Waals surface area contributed by atoms with E-state index in [0.717, 1.165) is 16.8 Å². The van der Waals surface area contributed by atoms with Crippen LogP contribution in [0.3, 0.4) is 0 Å².